The van der Waals surface area contributed by atoms with Gasteiger partial charge in [-0.25, -0.2) is 0 Å². The third kappa shape index (κ3) is 3.23. The van der Waals surface area contributed by atoms with Gasteiger partial charge in [-0.05, 0) is 46.4 Å². The van der Waals surface area contributed by atoms with Gasteiger partial charge in [0, 0.05) is 32.8 Å². The highest BCUT2D eigenvalue weighted by Crippen LogP contribution is 2.32. The lowest BCUT2D eigenvalue weighted by molar-refractivity contribution is 0.521. The molecule has 2 nitrogen and oxygen atoms in total. The van der Waals surface area contributed by atoms with E-state index >= 15 is 0 Å². The monoisotopic (exact) mass is 363 g/mol. The van der Waals surface area contributed by atoms with Crippen molar-refractivity contribution in [1.29, 1.82) is 0 Å². The molecule has 1 N–H and O–H groups in total. The summed E-state index contributed by atoms with van der Waals surface area (Å²) in [6.45, 7) is 3.20. The van der Waals surface area contributed by atoms with Crippen molar-refractivity contribution in [3.05, 3.63) is 56.9 Å². The molecule has 0 radical (unpaired) electrons. The molecule has 0 spiro atoms. The first kappa shape index (κ1) is 14.8. The predicted octanol–water partition coefficient (Wildman–Crippen LogP) is 5.54. The molecule has 0 aliphatic rings. The number of furan rings is 1. The van der Waals surface area contributed by atoms with Crippen molar-refractivity contribution < 1.29 is 4.42 Å². The van der Waals surface area contributed by atoms with Gasteiger partial charge in [-0.3, -0.25) is 0 Å². The first-order valence-electron chi connectivity index (χ1n) is 7.21. The maximum absolute atomic E-state index is 5.71. The zero-order valence-corrected chi connectivity index (χ0v) is 14.3. The van der Waals surface area contributed by atoms with E-state index in [-0.39, 0.29) is 6.04 Å². The summed E-state index contributed by atoms with van der Waals surface area (Å²) in [5.74, 6) is 0. The number of halogens is 1. The van der Waals surface area contributed by atoms with Gasteiger partial charge < -0.3 is 9.73 Å². The Morgan fingerprint density at radius 3 is 2.90 bits per heavy atom. The summed E-state index contributed by atoms with van der Waals surface area (Å²) in [6, 6.07) is 10.6. The van der Waals surface area contributed by atoms with Crippen molar-refractivity contribution in [1.82, 2.24) is 5.32 Å². The van der Waals surface area contributed by atoms with Gasteiger partial charge in [0.05, 0.1) is 6.26 Å². The molecule has 0 saturated heterocycles. The van der Waals surface area contributed by atoms with Crippen LogP contribution in [-0.4, -0.2) is 6.54 Å². The molecule has 21 heavy (non-hydrogen) atoms. The van der Waals surface area contributed by atoms with Crippen molar-refractivity contribution in [2.24, 2.45) is 0 Å². The largest absolute Gasteiger partial charge is 0.464 e. The molecule has 110 valence electrons. The van der Waals surface area contributed by atoms with E-state index in [4.69, 9.17) is 4.42 Å². The van der Waals surface area contributed by atoms with Gasteiger partial charge in [-0.1, -0.05) is 25.1 Å². The number of benzene rings is 1. The third-order valence-electron chi connectivity index (χ3n) is 3.61. The Morgan fingerprint density at radius 1 is 1.29 bits per heavy atom. The molecule has 1 unspecified atom stereocenters. The van der Waals surface area contributed by atoms with E-state index < -0.39 is 0 Å². The van der Waals surface area contributed by atoms with Crippen LogP contribution in [0, 0.1) is 0 Å². The van der Waals surface area contributed by atoms with Gasteiger partial charge in [0.25, 0.3) is 0 Å². The Balaban J connectivity index is 1.93. The molecular formula is C17H18BrNOS. The van der Waals surface area contributed by atoms with Crippen LogP contribution in [0.2, 0.25) is 0 Å². The molecule has 1 atom stereocenters. The van der Waals surface area contributed by atoms with E-state index in [1.807, 2.05) is 18.4 Å². The fourth-order valence-corrected chi connectivity index (χ4v) is 4.10. The zero-order valence-electron chi connectivity index (χ0n) is 11.9. The number of hydrogen-bond acceptors (Lipinski definition) is 3. The zero-order chi connectivity index (χ0) is 14.7. The third-order valence-corrected chi connectivity index (χ3v) is 5.56. The lowest BCUT2D eigenvalue weighted by Crippen LogP contribution is -2.23. The highest BCUT2D eigenvalue weighted by Gasteiger charge is 2.18. The summed E-state index contributed by atoms with van der Waals surface area (Å²) >= 11 is 5.43. The quantitative estimate of drug-likeness (QED) is 0.621. The normalized spacial score (nSPS) is 12.9. The number of nitrogens with one attached hydrogen (secondary N) is 1. The summed E-state index contributed by atoms with van der Waals surface area (Å²) in [4.78, 5) is 1.37. The van der Waals surface area contributed by atoms with Crippen molar-refractivity contribution in [2.45, 2.75) is 25.8 Å². The molecule has 4 heteroatoms. The minimum atomic E-state index is 0.281. The first-order chi connectivity index (χ1) is 10.3. The number of thiophene rings is 1. The van der Waals surface area contributed by atoms with Crippen LogP contribution >= 0.6 is 27.3 Å². The second-order valence-corrected chi connectivity index (χ2v) is 6.94. The van der Waals surface area contributed by atoms with E-state index in [1.165, 1.54) is 20.3 Å². The highest BCUT2D eigenvalue weighted by molar-refractivity contribution is 9.10. The first-order valence-corrected chi connectivity index (χ1v) is 8.88. The van der Waals surface area contributed by atoms with Gasteiger partial charge in [0.15, 0.2) is 0 Å². The number of rotatable bonds is 6. The fraction of sp³-hybridized carbons (Fsp3) is 0.294. The average molecular weight is 364 g/mol. The van der Waals surface area contributed by atoms with Crippen molar-refractivity contribution in [2.75, 3.05) is 6.54 Å². The molecule has 3 rings (SSSR count). The lowest BCUT2D eigenvalue weighted by atomic mass is 10.0. The van der Waals surface area contributed by atoms with Crippen LogP contribution in [0.4, 0.5) is 0 Å². The van der Waals surface area contributed by atoms with Gasteiger partial charge in [0.2, 0.25) is 0 Å². The Labute approximate surface area is 137 Å². The van der Waals surface area contributed by atoms with Crippen molar-refractivity contribution >= 4 is 38.2 Å². The Morgan fingerprint density at radius 2 is 2.14 bits per heavy atom. The van der Waals surface area contributed by atoms with E-state index in [9.17, 15) is 0 Å². The molecule has 0 aliphatic carbocycles. The van der Waals surface area contributed by atoms with Crippen LogP contribution < -0.4 is 5.32 Å². The van der Waals surface area contributed by atoms with Crippen LogP contribution in [0.1, 0.15) is 29.8 Å². The number of hydrogen-bond donors (Lipinski definition) is 1. The molecule has 2 aromatic heterocycles. The molecule has 0 fully saturated rings. The van der Waals surface area contributed by atoms with Crippen LogP contribution in [-0.2, 0) is 6.42 Å². The molecule has 2 heterocycles. The molecule has 0 saturated carbocycles. The molecule has 0 amide bonds. The second-order valence-electron chi connectivity index (χ2n) is 5.09. The van der Waals surface area contributed by atoms with Crippen molar-refractivity contribution in [3.8, 4) is 0 Å². The molecular weight excluding hydrogens is 346 g/mol. The Bertz CT molecular complexity index is 718. The summed E-state index contributed by atoms with van der Waals surface area (Å²) in [5.41, 5.74) is 2.21. The van der Waals surface area contributed by atoms with Gasteiger partial charge in [-0.2, -0.15) is 0 Å². The summed E-state index contributed by atoms with van der Waals surface area (Å²) < 4.78 is 6.91. The van der Waals surface area contributed by atoms with E-state index in [0.717, 1.165) is 25.0 Å². The van der Waals surface area contributed by atoms with Crippen LogP contribution in [0.5, 0.6) is 0 Å². The van der Waals surface area contributed by atoms with E-state index in [2.05, 4.69) is 51.7 Å². The Hall–Kier alpha value is -1.10. The number of para-hydroxylation sites is 1. The molecule has 0 bridgehead atoms. The van der Waals surface area contributed by atoms with Gasteiger partial charge >= 0.3 is 0 Å². The van der Waals surface area contributed by atoms with Gasteiger partial charge in [-0.15, -0.1) is 11.3 Å². The maximum atomic E-state index is 5.71. The molecule has 3 aromatic rings. The van der Waals surface area contributed by atoms with Crippen LogP contribution in [0.25, 0.3) is 11.0 Å². The molecule has 1 aromatic carbocycles. The van der Waals surface area contributed by atoms with E-state index in [0.29, 0.717) is 0 Å². The minimum Gasteiger partial charge on any atom is -0.464 e. The van der Waals surface area contributed by atoms with Gasteiger partial charge in [0.1, 0.15) is 5.58 Å². The Kier molecular flexibility index (Phi) is 4.78. The lowest BCUT2D eigenvalue weighted by Gasteiger charge is -2.17. The maximum Gasteiger partial charge on any atom is 0.134 e. The predicted molar refractivity (Wildman–Crippen MR) is 93.0 cm³/mol. The van der Waals surface area contributed by atoms with E-state index in [1.54, 1.807) is 11.3 Å². The standard InChI is InChI=1S/C17H18BrNOS/c1-2-8-19-15(10-17-14(18)7-9-21-17)13-11-20-16-6-4-3-5-12(13)16/h3-7,9,11,15,19H,2,8,10H2,1H3. The average Bonchev–Trinajstić information content (AvgIpc) is 3.10. The SMILES string of the molecule is CCCNC(Cc1sccc1Br)c1coc2ccccc12. The topological polar surface area (TPSA) is 25.2 Å². The fourth-order valence-electron chi connectivity index (χ4n) is 2.53. The summed E-state index contributed by atoms with van der Waals surface area (Å²) in [6.07, 6.45) is 4.00. The minimum absolute atomic E-state index is 0.281. The summed E-state index contributed by atoms with van der Waals surface area (Å²) in [5, 5.41) is 6.99. The second kappa shape index (κ2) is 6.77. The van der Waals surface area contributed by atoms with Crippen molar-refractivity contribution in [3.63, 3.8) is 0 Å². The highest BCUT2D eigenvalue weighted by atomic mass is 79.9. The number of fused-ring (bicyclic) bond motifs is 1. The van der Waals surface area contributed by atoms with Crippen LogP contribution in [0.3, 0.4) is 0 Å². The van der Waals surface area contributed by atoms with Crippen LogP contribution in [0.15, 0.2) is 50.9 Å². The smallest absolute Gasteiger partial charge is 0.134 e. The summed E-state index contributed by atoms with van der Waals surface area (Å²) in [7, 11) is 0. The molecule has 0 aliphatic heterocycles.